The van der Waals surface area contributed by atoms with E-state index >= 15 is 0 Å². The number of carbonyl (C=O) groups excluding carboxylic acids is 1. The van der Waals surface area contributed by atoms with E-state index in [0.29, 0.717) is 30.2 Å². The molecule has 6 heteroatoms. The summed E-state index contributed by atoms with van der Waals surface area (Å²) in [6.45, 7) is 0.729. The lowest BCUT2D eigenvalue weighted by molar-refractivity contribution is -0.117. The first-order chi connectivity index (χ1) is 10.1. The van der Waals surface area contributed by atoms with Gasteiger partial charge in [-0.05, 0) is 23.8 Å². The van der Waals surface area contributed by atoms with Gasteiger partial charge in [-0.15, -0.1) is 0 Å². The van der Waals surface area contributed by atoms with Crippen molar-refractivity contribution in [2.45, 2.75) is 0 Å². The topological polar surface area (TPSA) is 80.6 Å². The molecule has 0 spiro atoms. The quantitative estimate of drug-likeness (QED) is 0.466. The number of methoxy groups -OCH3 is 3. The van der Waals surface area contributed by atoms with Crippen LogP contribution in [0.5, 0.6) is 11.5 Å². The number of amides is 1. The van der Waals surface area contributed by atoms with Crippen molar-refractivity contribution in [2.24, 2.45) is 0 Å². The molecule has 21 heavy (non-hydrogen) atoms. The summed E-state index contributed by atoms with van der Waals surface area (Å²) >= 11 is 0. The van der Waals surface area contributed by atoms with Gasteiger partial charge in [0.2, 0.25) is 0 Å². The highest BCUT2D eigenvalue weighted by Crippen LogP contribution is 2.24. The minimum absolute atomic E-state index is 0.00130. The fraction of sp³-hybridized carbons (Fsp3) is 0.333. The monoisotopic (exact) mass is 290 g/mol. The van der Waals surface area contributed by atoms with E-state index in [1.807, 2.05) is 6.07 Å². The molecule has 0 atom stereocenters. The van der Waals surface area contributed by atoms with Crippen molar-refractivity contribution in [3.63, 3.8) is 0 Å². The SMILES string of the molecule is COCCNC(=O)/C(C#N)=C/c1cc(OC)cc(OC)c1. The predicted molar refractivity (Wildman–Crippen MR) is 78.0 cm³/mol. The highest BCUT2D eigenvalue weighted by Gasteiger charge is 2.09. The fourth-order valence-electron chi connectivity index (χ4n) is 1.59. The molecule has 0 aromatic heterocycles. The second-order valence-electron chi connectivity index (χ2n) is 4.06. The largest absolute Gasteiger partial charge is 0.497 e. The average Bonchev–Trinajstić information content (AvgIpc) is 2.52. The van der Waals surface area contributed by atoms with E-state index in [-0.39, 0.29) is 5.57 Å². The molecule has 1 aromatic rings. The Morgan fingerprint density at radius 3 is 2.33 bits per heavy atom. The smallest absolute Gasteiger partial charge is 0.262 e. The molecule has 1 rings (SSSR count). The van der Waals surface area contributed by atoms with Gasteiger partial charge in [-0.2, -0.15) is 5.26 Å². The first-order valence-corrected chi connectivity index (χ1v) is 6.26. The highest BCUT2D eigenvalue weighted by molar-refractivity contribution is 6.01. The summed E-state index contributed by atoms with van der Waals surface area (Å²) in [5.41, 5.74) is 0.644. The van der Waals surface area contributed by atoms with Gasteiger partial charge in [0.1, 0.15) is 23.1 Å². The van der Waals surface area contributed by atoms with Crippen molar-refractivity contribution in [1.29, 1.82) is 5.26 Å². The van der Waals surface area contributed by atoms with Gasteiger partial charge < -0.3 is 19.5 Å². The van der Waals surface area contributed by atoms with Crippen LogP contribution in [0.25, 0.3) is 6.08 Å². The molecule has 1 aromatic carbocycles. The van der Waals surface area contributed by atoms with Gasteiger partial charge in [0.05, 0.1) is 20.8 Å². The maximum absolute atomic E-state index is 11.8. The Balaban J connectivity index is 2.97. The van der Waals surface area contributed by atoms with Crippen molar-refractivity contribution >= 4 is 12.0 Å². The lowest BCUT2D eigenvalue weighted by Crippen LogP contribution is -2.27. The van der Waals surface area contributed by atoms with Crippen LogP contribution in [0.15, 0.2) is 23.8 Å². The van der Waals surface area contributed by atoms with Gasteiger partial charge in [-0.3, -0.25) is 4.79 Å². The summed E-state index contributed by atoms with van der Waals surface area (Å²) in [7, 11) is 4.60. The summed E-state index contributed by atoms with van der Waals surface area (Å²) in [5.74, 6) is 0.715. The third-order valence-electron chi connectivity index (χ3n) is 2.64. The van der Waals surface area contributed by atoms with Gasteiger partial charge in [0, 0.05) is 19.7 Å². The Morgan fingerprint density at radius 1 is 1.24 bits per heavy atom. The highest BCUT2D eigenvalue weighted by atomic mass is 16.5. The van der Waals surface area contributed by atoms with E-state index in [1.165, 1.54) is 27.4 Å². The van der Waals surface area contributed by atoms with Gasteiger partial charge in [0.15, 0.2) is 0 Å². The van der Waals surface area contributed by atoms with Gasteiger partial charge >= 0.3 is 0 Å². The van der Waals surface area contributed by atoms with Crippen LogP contribution < -0.4 is 14.8 Å². The van der Waals surface area contributed by atoms with Crippen molar-refractivity contribution in [2.75, 3.05) is 34.5 Å². The first kappa shape index (κ1) is 16.5. The fourth-order valence-corrected chi connectivity index (χ4v) is 1.59. The second-order valence-corrected chi connectivity index (χ2v) is 4.06. The molecule has 0 aliphatic heterocycles. The van der Waals surface area contributed by atoms with Gasteiger partial charge in [0.25, 0.3) is 5.91 Å². The molecule has 0 heterocycles. The maximum Gasteiger partial charge on any atom is 0.262 e. The van der Waals surface area contributed by atoms with Crippen LogP contribution in [0.4, 0.5) is 0 Å². The maximum atomic E-state index is 11.8. The molecule has 0 bridgehead atoms. The minimum atomic E-state index is -0.448. The Morgan fingerprint density at radius 2 is 1.86 bits per heavy atom. The normalized spacial score (nSPS) is 10.7. The molecule has 0 radical (unpaired) electrons. The third-order valence-corrected chi connectivity index (χ3v) is 2.64. The Kier molecular flexibility index (Phi) is 6.78. The zero-order chi connectivity index (χ0) is 15.7. The van der Waals surface area contributed by atoms with Crippen LogP contribution in [0.3, 0.4) is 0 Å². The summed E-state index contributed by atoms with van der Waals surface area (Å²) in [6, 6.07) is 7.01. The molecule has 0 saturated carbocycles. The minimum Gasteiger partial charge on any atom is -0.497 e. The van der Waals surface area contributed by atoms with Gasteiger partial charge in [-0.25, -0.2) is 0 Å². The van der Waals surface area contributed by atoms with Crippen molar-refractivity contribution in [1.82, 2.24) is 5.32 Å². The molecule has 112 valence electrons. The van der Waals surface area contributed by atoms with Crippen LogP contribution in [-0.4, -0.2) is 40.4 Å². The number of nitrogens with zero attached hydrogens (tertiary/aromatic N) is 1. The summed E-state index contributed by atoms with van der Waals surface area (Å²) in [6.07, 6.45) is 1.48. The molecule has 0 saturated heterocycles. The number of nitrogens with one attached hydrogen (secondary N) is 1. The summed E-state index contributed by atoms with van der Waals surface area (Å²) < 4.78 is 15.1. The summed E-state index contributed by atoms with van der Waals surface area (Å²) in [5, 5.41) is 11.7. The second kappa shape index (κ2) is 8.61. The predicted octanol–water partition coefficient (Wildman–Crippen LogP) is 1.37. The molecule has 0 aliphatic rings. The van der Waals surface area contributed by atoms with E-state index in [1.54, 1.807) is 18.2 Å². The van der Waals surface area contributed by atoms with Crippen molar-refractivity contribution < 1.29 is 19.0 Å². The Bertz CT molecular complexity index is 539. The van der Waals surface area contributed by atoms with E-state index in [0.717, 1.165) is 0 Å². The first-order valence-electron chi connectivity index (χ1n) is 6.26. The van der Waals surface area contributed by atoms with Crippen molar-refractivity contribution in [3.8, 4) is 17.6 Å². The van der Waals surface area contributed by atoms with E-state index < -0.39 is 5.91 Å². The van der Waals surface area contributed by atoms with Crippen molar-refractivity contribution in [3.05, 3.63) is 29.3 Å². The van der Waals surface area contributed by atoms with E-state index in [2.05, 4.69) is 5.32 Å². The molecule has 6 nitrogen and oxygen atoms in total. The average molecular weight is 290 g/mol. The van der Waals surface area contributed by atoms with Crippen LogP contribution in [0.2, 0.25) is 0 Å². The number of hydrogen-bond donors (Lipinski definition) is 1. The molecule has 0 fully saturated rings. The zero-order valence-electron chi connectivity index (χ0n) is 12.3. The van der Waals surface area contributed by atoms with Crippen LogP contribution >= 0.6 is 0 Å². The number of rotatable bonds is 7. The van der Waals surface area contributed by atoms with Gasteiger partial charge in [-0.1, -0.05) is 0 Å². The molecular formula is C15H18N2O4. The lowest BCUT2D eigenvalue weighted by Gasteiger charge is -2.07. The summed E-state index contributed by atoms with van der Waals surface area (Å²) in [4.78, 5) is 11.8. The number of hydrogen-bond acceptors (Lipinski definition) is 5. The molecular weight excluding hydrogens is 272 g/mol. The number of carbonyl (C=O) groups is 1. The molecule has 1 amide bonds. The van der Waals surface area contributed by atoms with E-state index in [4.69, 9.17) is 19.5 Å². The third kappa shape index (κ3) is 5.16. The van der Waals surface area contributed by atoms with Crippen LogP contribution in [0.1, 0.15) is 5.56 Å². The standard InChI is InChI=1S/C15H18N2O4/c1-19-5-4-17-15(18)12(10-16)6-11-7-13(20-2)9-14(8-11)21-3/h6-9H,4-5H2,1-3H3,(H,17,18)/b12-6+. The number of benzene rings is 1. The zero-order valence-corrected chi connectivity index (χ0v) is 12.3. The lowest BCUT2D eigenvalue weighted by atomic mass is 10.1. The Labute approximate surface area is 123 Å². The molecule has 0 aliphatic carbocycles. The number of nitriles is 1. The van der Waals surface area contributed by atoms with Crippen LogP contribution in [0, 0.1) is 11.3 Å². The molecule has 1 N–H and O–H groups in total. The molecule has 0 unspecified atom stereocenters. The van der Waals surface area contributed by atoms with E-state index in [9.17, 15) is 4.79 Å². The van der Waals surface area contributed by atoms with Crippen LogP contribution in [-0.2, 0) is 9.53 Å². The Hall–Kier alpha value is -2.52. The number of ether oxygens (including phenoxy) is 3.